The summed E-state index contributed by atoms with van der Waals surface area (Å²) in [5.74, 6) is -1.76. The van der Waals surface area contributed by atoms with Crippen molar-refractivity contribution in [3.63, 3.8) is 0 Å². The van der Waals surface area contributed by atoms with Crippen molar-refractivity contribution in [3.05, 3.63) is 22.2 Å². The van der Waals surface area contributed by atoms with Crippen LogP contribution in [0.5, 0.6) is 5.75 Å². The topological polar surface area (TPSA) is 78.3 Å². The third kappa shape index (κ3) is 2.78. The minimum Gasteiger partial charge on any atom is -0.405 e. The second-order valence-electron chi connectivity index (χ2n) is 2.75. The van der Waals surface area contributed by atoms with E-state index in [1.807, 2.05) is 0 Å². The summed E-state index contributed by atoms with van der Waals surface area (Å²) in [5, 5.41) is 0. The van der Waals surface area contributed by atoms with E-state index in [-0.39, 0.29) is 10.2 Å². The van der Waals surface area contributed by atoms with E-state index in [1.165, 1.54) is 0 Å². The first-order valence-corrected chi connectivity index (χ1v) is 4.65. The van der Waals surface area contributed by atoms with E-state index in [0.29, 0.717) is 0 Å². The molecule has 0 spiro atoms. The Morgan fingerprint density at radius 2 is 1.94 bits per heavy atom. The van der Waals surface area contributed by atoms with Crippen LogP contribution in [0.2, 0.25) is 0 Å². The van der Waals surface area contributed by atoms with Crippen LogP contribution in [0, 0.1) is 0 Å². The number of nitrogen functional groups attached to an aromatic ring is 1. The van der Waals surface area contributed by atoms with Crippen molar-refractivity contribution >= 4 is 27.5 Å². The molecule has 1 aromatic carbocycles. The molecule has 0 aliphatic rings. The number of halogens is 4. The monoisotopic (exact) mass is 298 g/mol. The van der Waals surface area contributed by atoms with Gasteiger partial charge in [0.05, 0.1) is 10.0 Å². The number of hydrogen-bond donors (Lipinski definition) is 2. The van der Waals surface area contributed by atoms with Crippen LogP contribution >= 0.6 is 15.9 Å². The van der Waals surface area contributed by atoms with Gasteiger partial charge >= 0.3 is 6.36 Å². The highest BCUT2D eigenvalue weighted by Gasteiger charge is 2.33. The summed E-state index contributed by atoms with van der Waals surface area (Å²) in [5.41, 5.74) is 9.97. The molecule has 4 N–H and O–H groups in total. The number of benzene rings is 1. The molecule has 0 fully saturated rings. The van der Waals surface area contributed by atoms with Crippen LogP contribution in [0.4, 0.5) is 18.9 Å². The first-order valence-electron chi connectivity index (χ1n) is 3.86. The second-order valence-corrected chi connectivity index (χ2v) is 3.55. The molecule has 1 rings (SSSR count). The number of amides is 1. The summed E-state index contributed by atoms with van der Waals surface area (Å²) in [4.78, 5) is 11.0. The number of ether oxygens (including phenoxy) is 1. The third-order valence-corrected chi connectivity index (χ3v) is 2.46. The number of anilines is 1. The number of carbonyl (C=O) groups excluding carboxylic acids is 1. The lowest BCUT2D eigenvalue weighted by atomic mass is 10.1. The molecule has 1 aromatic rings. The van der Waals surface area contributed by atoms with Crippen LogP contribution in [0.3, 0.4) is 0 Å². The van der Waals surface area contributed by atoms with Gasteiger partial charge in [-0.05, 0) is 28.1 Å². The number of carbonyl (C=O) groups is 1. The van der Waals surface area contributed by atoms with Crippen molar-refractivity contribution in [2.24, 2.45) is 5.73 Å². The Bertz CT molecular complexity index is 434. The van der Waals surface area contributed by atoms with Gasteiger partial charge in [-0.25, -0.2) is 0 Å². The van der Waals surface area contributed by atoms with Crippen molar-refractivity contribution in [3.8, 4) is 5.75 Å². The second kappa shape index (κ2) is 4.20. The predicted octanol–water partition coefficient (Wildman–Crippen LogP) is 2.03. The van der Waals surface area contributed by atoms with Gasteiger partial charge in [0.2, 0.25) is 0 Å². The molecule has 0 saturated heterocycles. The fraction of sp³-hybridized carbons (Fsp3) is 0.125. The molecule has 0 unspecified atom stereocenters. The molecule has 8 heteroatoms. The predicted molar refractivity (Wildman–Crippen MR) is 53.8 cm³/mol. The van der Waals surface area contributed by atoms with Crippen molar-refractivity contribution < 1.29 is 22.7 Å². The van der Waals surface area contributed by atoms with Crippen molar-refractivity contribution in [2.75, 3.05) is 5.73 Å². The smallest absolute Gasteiger partial charge is 0.405 e. The maximum Gasteiger partial charge on any atom is 0.573 e. The lowest BCUT2D eigenvalue weighted by Crippen LogP contribution is -2.21. The van der Waals surface area contributed by atoms with Crippen molar-refractivity contribution in [2.45, 2.75) is 6.36 Å². The van der Waals surface area contributed by atoms with Crippen molar-refractivity contribution in [1.29, 1.82) is 0 Å². The Balaban J connectivity index is 3.29. The Hall–Kier alpha value is -1.44. The molecule has 0 atom stereocenters. The molecule has 0 bridgehead atoms. The van der Waals surface area contributed by atoms with Crippen LogP contribution in [0.25, 0.3) is 0 Å². The maximum absolute atomic E-state index is 12.0. The zero-order valence-corrected chi connectivity index (χ0v) is 9.22. The molecule has 0 heterocycles. The van der Waals surface area contributed by atoms with Gasteiger partial charge in [0.1, 0.15) is 5.75 Å². The van der Waals surface area contributed by atoms with Crippen LogP contribution in [0.15, 0.2) is 16.6 Å². The quantitative estimate of drug-likeness (QED) is 0.820. The lowest BCUT2D eigenvalue weighted by Gasteiger charge is -2.13. The highest BCUT2D eigenvalue weighted by molar-refractivity contribution is 9.10. The van der Waals surface area contributed by atoms with E-state index < -0.39 is 23.6 Å². The molecular formula is C8H6BrF3N2O2. The molecule has 16 heavy (non-hydrogen) atoms. The average molecular weight is 299 g/mol. The number of rotatable bonds is 2. The van der Waals surface area contributed by atoms with Gasteiger partial charge in [-0.1, -0.05) is 0 Å². The zero-order valence-electron chi connectivity index (χ0n) is 7.64. The largest absolute Gasteiger partial charge is 0.573 e. The number of alkyl halides is 3. The lowest BCUT2D eigenvalue weighted by molar-refractivity contribution is -0.274. The molecule has 1 amide bonds. The average Bonchev–Trinajstić information content (AvgIpc) is 2.08. The van der Waals surface area contributed by atoms with E-state index in [4.69, 9.17) is 11.5 Å². The molecule has 0 saturated carbocycles. The van der Waals surface area contributed by atoms with Crippen LogP contribution < -0.4 is 16.2 Å². The first-order chi connectivity index (χ1) is 7.22. The van der Waals surface area contributed by atoms with Crippen LogP contribution in [0.1, 0.15) is 10.4 Å². The van der Waals surface area contributed by atoms with E-state index in [1.54, 1.807) is 0 Å². The van der Waals surface area contributed by atoms with Crippen molar-refractivity contribution in [1.82, 2.24) is 0 Å². The summed E-state index contributed by atoms with van der Waals surface area (Å²) in [6, 6.07) is 2.09. The Morgan fingerprint density at radius 3 is 2.38 bits per heavy atom. The standard InChI is InChI=1S/C8H6BrF3N2O2/c9-6-3(13)1-2-4(5(6)7(14)15)16-8(10,11)12/h1-2H,13H2,(H2,14,15). The van der Waals surface area contributed by atoms with Gasteiger partial charge in [0.25, 0.3) is 5.91 Å². The summed E-state index contributed by atoms with van der Waals surface area (Å²) in [6.45, 7) is 0. The summed E-state index contributed by atoms with van der Waals surface area (Å²) >= 11 is 2.87. The highest BCUT2D eigenvalue weighted by atomic mass is 79.9. The molecule has 0 aliphatic carbocycles. The van der Waals surface area contributed by atoms with Gasteiger partial charge in [0.15, 0.2) is 0 Å². The Morgan fingerprint density at radius 1 is 1.38 bits per heavy atom. The fourth-order valence-electron chi connectivity index (χ4n) is 1.01. The first kappa shape index (κ1) is 12.6. The van der Waals surface area contributed by atoms with Gasteiger partial charge in [-0.15, -0.1) is 13.2 Å². The van der Waals surface area contributed by atoms with E-state index in [2.05, 4.69) is 20.7 Å². The third-order valence-electron chi connectivity index (χ3n) is 1.61. The number of nitrogens with two attached hydrogens (primary N) is 2. The minimum atomic E-state index is -4.90. The number of hydrogen-bond acceptors (Lipinski definition) is 3. The molecule has 0 aliphatic heterocycles. The fourth-order valence-corrected chi connectivity index (χ4v) is 1.54. The Labute approximate surface area is 96.5 Å². The summed E-state index contributed by atoms with van der Waals surface area (Å²) < 4.78 is 39.6. The molecule has 0 aromatic heterocycles. The minimum absolute atomic E-state index is 0.0262. The normalized spacial score (nSPS) is 11.2. The summed E-state index contributed by atoms with van der Waals surface area (Å²) in [6.07, 6.45) is -4.90. The van der Waals surface area contributed by atoms with E-state index in [9.17, 15) is 18.0 Å². The van der Waals surface area contributed by atoms with Gasteiger partial charge in [0, 0.05) is 5.69 Å². The van der Waals surface area contributed by atoms with Crippen LogP contribution in [-0.4, -0.2) is 12.3 Å². The van der Waals surface area contributed by atoms with Crippen LogP contribution in [-0.2, 0) is 0 Å². The van der Waals surface area contributed by atoms with E-state index >= 15 is 0 Å². The van der Waals surface area contributed by atoms with Gasteiger partial charge < -0.3 is 16.2 Å². The zero-order chi connectivity index (χ0) is 12.5. The SMILES string of the molecule is NC(=O)c1c(OC(F)(F)F)ccc(N)c1Br. The van der Waals surface area contributed by atoms with E-state index in [0.717, 1.165) is 12.1 Å². The Kier molecular flexibility index (Phi) is 3.32. The molecule has 0 radical (unpaired) electrons. The molecular weight excluding hydrogens is 293 g/mol. The summed E-state index contributed by atoms with van der Waals surface area (Å²) in [7, 11) is 0. The van der Waals surface area contributed by atoms with Gasteiger partial charge in [-0.2, -0.15) is 0 Å². The highest BCUT2D eigenvalue weighted by Crippen LogP contribution is 2.34. The molecule has 4 nitrogen and oxygen atoms in total. The molecule has 88 valence electrons. The number of primary amides is 1. The van der Waals surface area contributed by atoms with Gasteiger partial charge in [-0.3, -0.25) is 4.79 Å². The maximum atomic E-state index is 12.0.